The van der Waals surface area contributed by atoms with Gasteiger partial charge in [0.25, 0.3) is 5.92 Å². The number of hydrogen-bond donors (Lipinski definition) is 2. The fourth-order valence-corrected chi connectivity index (χ4v) is 4.34. The van der Waals surface area contributed by atoms with E-state index in [9.17, 15) is 18.7 Å². The molecule has 0 radical (unpaired) electrons. The number of urea groups is 1. The zero-order valence-corrected chi connectivity index (χ0v) is 17.2. The van der Waals surface area contributed by atoms with Gasteiger partial charge in [0.05, 0.1) is 17.8 Å². The van der Waals surface area contributed by atoms with E-state index in [0.717, 1.165) is 10.7 Å². The Bertz CT molecular complexity index is 1110. The first-order valence-corrected chi connectivity index (χ1v) is 10.1. The summed E-state index contributed by atoms with van der Waals surface area (Å²) in [5.41, 5.74) is -1.97. The predicted octanol–water partition coefficient (Wildman–Crippen LogP) is 3.46. The van der Waals surface area contributed by atoms with Crippen molar-refractivity contribution in [1.82, 2.24) is 14.7 Å². The first kappa shape index (κ1) is 22.1. The minimum Gasteiger partial charge on any atom is -0.387 e. The number of aliphatic hydroxyl groups is 1. The number of anilines is 1. The van der Waals surface area contributed by atoms with E-state index in [1.807, 2.05) is 0 Å². The molecule has 2 aliphatic rings. The second kappa shape index (κ2) is 7.78. The third-order valence-corrected chi connectivity index (χ3v) is 6.02. The molecule has 170 valence electrons. The molecular formula is C21H21F4N5O2. The minimum absolute atomic E-state index is 0.0641. The summed E-state index contributed by atoms with van der Waals surface area (Å²) in [6.45, 7) is 0.237. The fraction of sp³-hybridized carbons (Fsp3) is 0.476. The van der Waals surface area contributed by atoms with Crippen molar-refractivity contribution >= 4 is 11.7 Å². The van der Waals surface area contributed by atoms with E-state index < -0.39 is 42.2 Å². The summed E-state index contributed by atoms with van der Waals surface area (Å²) < 4.78 is 58.1. The Morgan fingerprint density at radius 3 is 2.88 bits per heavy atom. The molecule has 0 saturated heterocycles. The zero-order chi connectivity index (χ0) is 23.3. The second-order valence-electron chi connectivity index (χ2n) is 8.40. The number of halogens is 4. The van der Waals surface area contributed by atoms with Crippen molar-refractivity contribution in [2.45, 2.75) is 56.8 Å². The van der Waals surface area contributed by atoms with Crippen LogP contribution in [0.3, 0.4) is 0 Å². The molecule has 7 nitrogen and oxygen atoms in total. The first-order valence-electron chi connectivity index (χ1n) is 10.1. The molecule has 0 aliphatic carbocycles. The van der Waals surface area contributed by atoms with E-state index >= 15 is 8.78 Å². The van der Waals surface area contributed by atoms with Gasteiger partial charge in [-0.1, -0.05) is 0 Å². The molecule has 4 rings (SSSR count). The Morgan fingerprint density at radius 2 is 2.19 bits per heavy atom. The number of aryl methyl sites for hydroxylation is 1. The average Bonchev–Trinajstić information content (AvgIpc) is 3.06. The van der Waals surface area contributed by atoms with Gasteiger partial charge < -0.3 is 15.3 Å². The molecule has 0 saturated carbocycles. The molecule has 2 amide bonds. The lowest BCUT2D eigenvalue weighted by molar-refractivity contribution is -0.102. The lowest BCUT2D eigenvalue weighted by Crippen LogP contribution is -2.45. The molecule has 1 aromatic carbocycles. The van der Waals surface area contributed by atoms with Crippen LogP contribution in [-0.2, 0) is 25.4 Å². The molecule has 0 fully saturated rings. The predicted molar refractivity (Wildman–Crippen MR) is 105 cm³/mol. The van der Waals surface area contributed by atoms with Gasteiger partial charge >= 0.3 is 6.03 Å². The van der Waals surface area contributed by atoms with Gasteiger partial charge in [0.1, 0.15) is 29.9 Å². The van der Waals surface area contributed by atoms with Crippen molar-refractivity contribution in [3.63, 3.8) is 0 Å². The number of nitrogens with one attached hydrogen (secondary N) is 1. The van der Waals surface area contributed by atoms with Crippen molar-refractivity contribution in [2.24, 2.45) is 0 Å². The monoisotopic (exact) mass is 451 g/mol. The van der Waals surface area contributed by atoms with Gasteiger partial charge in [-0.15, -0.1) is 0 Å². The number of benzene rings is 1. The van der Waals surface area contributed by atoms with Gasteiger partial charge in [0.2, 0.25) is 0 Å². The Balaban J connectivity index is 1.62. The van der Waals surface area contributed by atoms with Crippen LogP contribution in [0.5, 0.6) is 0 Å². The van der Waals surface area contributed by atoms with Crippen LogP contribution in [-0.4, -0.2) is 44.1 Å². The van der Waals surface area contributed by atoms with Crippen LogP contribution in [0.4, 0.5) is 28.0 Å². The van der Waals surface area contributed by atoms with Gasteiger partial charge in [-0.05, 0) is 31.5 Å². The van der Waals surface area contributed by atoms with Crippen LogP contribution in [0.15, 0.2) is 18.2 Å². The first-order chi connectivity index (χ1) is 15.1. The molecule has 2 aromatic rings. The number of nitriles is 1. The number of hydrogen-bond acceptors (Lipinski definition) is 4. The highest BCUT2D eigenvalue weighted by Crippen LogP contribution is 2.44. The molecule has 2 atom stereocenters. The number of carbonyl (C=O) groups excluding carboxylic acids is 1. The number of rotatable bonds is 2. The summed E-state index contributed by atoms with van der Waals surface area (Å²) in [6, 6.07) is 4.25. The zero-order valence-electron chi connectivity index (χ0n) is 17.2. The highest BCUT2D eigenvalue weighted by Gasteiger charge is 2.50. The van der Waals surface area contributed by atoms with E-state index in [1.165, 1.54) is 17.0 Å². The Labute approximate surface area is 181 Å². The van der Waals surface area contributed by atoms with Gasteiger partial charge in [-0.25, -0.2) is 13.6 Å². The molecular weight excluding hydrogens is 430 g/mol. The van der Waals surface area contributed by atoms with Crippen molar-refractivity contribution < 1.29 is 27.5 Å². The van der Waals surface area contributed by atoms with E-state index in [2.05, 4.69) is 10.4 Å². The fourth-order valence-electron chi connectivity index (χ4n) is 4.34. The van der Waals surface area contributed by atoms with Gasteiger partial charge in [-0.3, -0.25) is 4.68 Å². The maximum Gasteiger partial charge on any atom is 0.322 e. The highest BCUT2D eigenvalue weighted by atomic mass is 19.3. The van der Waals surface area contributed by atoms with Crippen LogP contribution >= 0.6 is 0 Å². The number of nitrogens with zero attached hydrogens (tertiary/aromatic N) is 4. The number of carbonyl (C=O) groups is 1. The quantitative estimate of drug-likeness (QED) is 0.684. The average molecular weight is 451 g/mol. The second-order valence-corrected chi connectivity index (χ2v) is 8.40. The van der Waals surface area contributed by atoms with Crippen LogP contribution in [0, 0.1) is 17.1 Å². The smallest absolute Gasteiger partial charge is 0.322 e. The molecule has 0 bridgehead atoms. The van der Waals surface area contributed by atoms with E-state index in [-0.39, 0.29) is 48.8 Å². The maximum atomic E-state index is 15.1. The molecule has 2 aliphatic heterocycles. The molecule has 2 N–H and O–H groups in total. The van der Waals surface area contributed by atoms with Gasteiger partial charge in [-0.2, -0.15) is 19.1 Å². The Hall–Kier alpha value is -3.13. The van der Waals surface area contributed by atoms with Crippen LogP contribution in [0.2, 0.25) is 0 Å². The summed E-state index contributed by atoms with van der Waals surface area (Å²) in [4.78, 5) is 14.2. The summed E-state index contributed by atoms with van der Waals surface area (Å²) in [5.74, 6) is -4.25. The topological polar surface area (TPSA) is 94.2 Å². The van der Waals surface area contributed by atoms with Crippen molar-refractivity contribution in [3.8, 4) is 6.07 Å². The Kier molecular flexibility index (Phi) is 5.36. The minimum atomic E-state index is -3.53. The molecule has 3 heterocycles. The van der Waals surface area contributed by atoms with Crippen LogP contribution < -0.4 is 5.32 Å². The van der Waals surface area contributed by atoms with Gasteiger partial charge in [0.15, 0.2) is 0 Å². The van der Waals surface area contributed by atoms with Crippen LogP contribution in [0.25, 0.3) is 0 Å². The van der Waals surface area contributed by atoms with E-state index in [0.29, 0.717) is 5.69 Å². The van der Waals surface area contributed by atoms with E-state index in [4.69, 9.17) is 5.26 Å². The molecule has 32 heavy (non-hydrogen) atoms. The summed E-state index contributed by atoms with van der Waals surface area (Å²) >= 11 is 0. The number of aromatic nitrogens is 2. The number of amides is 2. The molecule has 0 spiro atoms. The third kappa shape index (κ3) is 3.79. The van der Waals surface area contributed by atoms with Crippen molar-refractivity contribution in [1.29, 1.82) is 5.26 Å². The van der Waals surface area contributed by atoms with Crippen molar-refractivity contribution in [2.75, 3.05) is 12.0 Å². The highest BCUT2D eigenvalue weighted by molar-refractivity contribution is 5.90. The van der Waals surface area contributed by atoms with Crippen LogP contribution in [0.1, 0.15) is 42.3 Å². The summed E-state index contributed by atoms with van der Waals surface area (Å²) in [5, 5.41) is 26.0. The summed E-state index contributed by atoms with van der Waals surface area (Å²) in [7, 11) is 0. The van der Waals surface area contributed by atoms with Gasteiger partial charge in [0, 0.05) is 36.7 Å². The summed E-state index contributed by atoms with van der Waals surface area (Å²) in [6.07, 6.45) is -1.03. The normalized spacial score (nSPS) is 24.2. The number of alkyl halides is 3. The molecule has 11 heteroatoms. The third-order valence-electron chi connectivity index (χ3n) is 6.02. The number of fused-ring (bicyclic) bond motifs is 3. The van der Waals surface area contributed by atoms with E-state index in [1.54, 1.807) is 13.0 Å². The molecule has 1 aromatic heterocycles. The lowest BCUT2D eigenvalue weighted by Gasteiger charge is -2.34. The maximum absolute atomic E-state index is 15.1. The lowest BCUT2D eigenvalue weighted by atomic mass is 9.91. The van der Waals surface area contributed by atoms with Crippen molar-refractivity contribution in [3.05, 3.63) is 46.5 Å². The molecule has 0 unspecified atom stereocenters. The SMILES string of the molecule is C[C@@H]1Cc2nn3c(c2CN1C(=O)Nc1ccc(F)c(C#N)c1)C(F)(F)C[C@@](O)(CF)CC3. The largest absolute Gasteiger partial charge is 0.387 e. The Morgan fingerprint density at radius 1 is 1.44 bits per heavy atom. The standard InChI is InChI=1S/C21H21F4N5O2/c1-12-6-17-15(18-21(24,25)10-20(32,11-22)4-5-30(18)28-17)9-29(12)19(31)27-14-2-3-16(23)13(7-14)8-26/h2-3,7,12,32H,4-6,9-11H2,1H3,(H,27,31)/t12-,20-/m1/s1.